The van der Waals surface area contributed by atoms with Crippen molar-refractivity contribution in [3.63, 3.8) is 0 Å². The standard InChI is InChI=1S/C19H20N2O4/c1-23-16-7-2-13(3-8-16)11-21(15-5-6-15)19(22)20-14-4-9-17-18(10-14)25-12-24-17/h2-4,7-10,15H,5-6,11-12H2,1H3,(H,20,22). The maximum atomic E-state index is 12.7. The number of hydrogen-bond acceptors (Lipinski definition) is 4. The van der Waals surface area contributed by atoms with Gasteiger partial charge in [0.2, 0.25) is 6.79 Å². The number of ether oxygens (including phenoxy) is 3. The molecule has 0 radical (unpaired) electrons. The number of methoxy groups -OCH3 is 1. The zero-order chi connectivity index (χ0) is 17.2. The van der Waals surface area contributed by atoms with Gasteiger partial charge >= 0.3 is 6.03 Å². The molecule has 25 heavy (non-hydrogen) atoms. The number of nitrogens with one attached hydrogen (secondary N) is 1. The van der Waals surface area contributed by atoms with Gasteiger partial charge < -0.3 is 24.4 Å². The van der Waals surface area contributed by atoms with Gasteiger partial charge in [-0.05, 0) is 42.7 Å². The van der Waals surface area contributed by atoms with Crippen molar-refractivity contribution >= 4 is 11.7 Å². The number of anilines is 1. The quantitative estimate of drug-likeness (QED) is 0.903. The molecule has 2 aromatic rings. The zero-order valence-corrected chi connectivity index (χ0v) is 14.0. The van der Waals surface area contributed by atoms with Crippen molar-refractivity contribution in [3.05, 3.63) is 48.0 Å². The predicted molar refractivity (Wildman–Crippen MR) is 93.1 cm³/mol. The molecular formula is C19H20N2O4. The summed E-state index contributed by atoms with van der Waals surface area (Å²) in [6, 6.07) is 13.4. The van der Waals surface area contributed by atoms with Gasteiger partial charge in [-0.3, -0.25) is 0 Å². The van der Waals surface area contributed by atoms with Gasteiger partial charge in [0.05, 0.1) is 7.11 Å². The molecule has 0 spiro atoms. The second kappa shape index (κ2) is 6.55. The van der Waals surface area contributed by atoms with E-state index in [1.54, 1.807) is 13.2 Å². The summed E-state index contributed by atoms with van der Waals surface area (Å²) in [6.07, 6.45) is 2.09. The number of carbonyl (C=O) groups is 1. The topological polar surface area (TPSA) is 60.0 Å². The van der Waals surface area contributed by atoms with Gasteiger partial charge in [-0.1, -0.05) is 12.1 Å². The average molecular weight is 340 g/mol. The van der Waals surface area contributed by atoms with Crippen molar-refractivity contribution in [1.82, 2.24) is 4.90 Å². The molecule has 0 aromatic heterocycles. The minimum absolute atomic E-state index is 0.0998. The number of fused-ring (bicyclic) bond motifs is 1. The molecule has 1 saturated carbocycles. The fraction of sp³-hybridized carbons (Fsp3) is 0.316. The molecule has 2 aromatic carbocycles. The summed E-state index contributed by atoms with van der Waals surface area (Å²) in [5.74, 6) is 2.17. The third-order valence-corrected chi connectivity index (χ3v) is 4.38. The van der Waals surface area contributed by atoms with E-state index in [9.17, 15) is 4.79 Å². The summed E-state index contributed by atoms with van der Waals surface area (Å²) < 4.78 is 15.8. The van der Waals surface area contributed by atoms with Crippen molar-refractivity contribution in [2.45, 2.75) is 25.4 Å². The first-order valence-electron chi connectivity index (χ1n) is 8.33. The van der Waals surface area contributed by atoms with Gasteiger partial charge in [-0.25, -0.2) is 4.79 Å². The van der Waals surface area contributed by atoms with E-state index < -0.39 is 0 Å². The van der Waals surface area contributed by atoms with Crippen LogP contribution in [0.5, 0.6) is 17.2 Å². The first-order valence-corrected chi connectivity index (χ1v) is 8.33. The van der Waals surface area contributed by atoms with E-state index in [0.29, 0.717) is 29.8 Å². The van der Waals surface area contributed by atoms with Crippen LogP contribution in [0.1, 0.15) is 18.4 Å². The second-order valence-corrected chi connectivity index (χ2v) is 6.21. The molecule has 2 aliphatic rings. The zero-order valence-electron chi connectivity index (χ0n) is 14.0. The third kappa shape index (κ3) is 3.47. The first kappa shape index (κ1) is 15.6. The maximum Gasteiger partial charge on any atom is 0.322 e. The Morgan fingerprint density at radius 3 is 2.64 bits per heavy atom. The molecule has 6 heteroatoms. The monoisotopic (exact) mass is 340 g/mol. The fourth-order valence-electron chi connectivity index (χ4n) is 2.85. The van der Waals surface area contributed by atoms with Crippen LogP contribution >= 0.6 is 0 Å². The average Bonchev–Trinajstić information content (AvgIpc) is 3.37. The Kier molecular flexibility index (Phi) is 4.09. The molecule has 1 N–H and O–H groups in total. The first-order chi connectivity index (χ1) is 12.2. The molecule has 1 heterocycles. The van der Waals surface area contributed by atoms with E-state index in [1.807, 2.05) is 41.3 Å². The number of benzene rings is 2. The van der Waals surface area contributed by atoms with E-state index >= 15 is 0 Å². The van der Waals surface area contributed by atoms with Crippen LogP contribution in [-0.2, 0) is 6.54 Å². The summed E-state index contributed by atoms with van der Waals surface area (Å²) in [5, 5.41) is 2.96. The Balaban J connectivity index is 1.45. The third-order valence-electron chi connectivity index (χ3n) is 4.38. The van der Waals surface area contributed by atoms with Gasteiger partial charge in [-0.15, -0.1) is 0 Å². The van der Waals surface area contributed by atoms with Gasteiger partial charge in [-0.2, -0.15) is 0 Å². The number of rotatable bonds is 5. The number of nitrogens with zero attached hydrogens (tertiary/aromatic N) is 1. The molecule has 6 nitrogen and oxygen atoms in total. The van der Waals surface area contributed by atoms with Gasteiger partial charge in [0.15, 0.2) is 11.5 Å². The minimum atomic E-state index is -0.0998. The Hall–Kier alpha value is -2.89. The molecule has 1 fully saturated rings. The molecule has 4 rings (SSSR count). The Labute approximate surface area is 146 Å². The van der Waals surface area contributed by atoms with Crippen LogP contribution in [0.4, 0.5) is 10.5 Å². The Morgan fingerprint density at radius 1 is 1.16 bits per heavy atom. The number of hydrogen-bond donors (Lipinski definition) is 1. The second-order valence-electron chi connectivity index (χ2n) is 6.21. The fourth-order valence-corrected chi connectivity index (χ4v) is 2.85. The van der Waals surface area contributed by atoms with Crippen molar-refractivity contribution in [3.8, 4) is 17.2 Å². The van der Waals surface area contributed by atoms with Crippen LogP contribution in [0.3, 0.4) is 0 Å². The lowest BCUT2D eigenvalue weighted by molar-refractivity contribution is 0.174. The summed E-state index contributed by atoms with van der Waals surface area (Å²) >= 11 is 0. The largest absolute Gasteiger partial charge is 0.497 e. The highest BCUT2D eigenvalue weighted by atomic mass is 16.7. The lowest BCUT2D eigenvalue weighted by atomic mass is 10.2. The van der Waals surface area contributed by atoms with E-state index in [1.165, 1.54) is 0 Å². The highest BCUT2D eigenvalue weighted by Gasteiger charge is 2.32. The normalized spacial score (nSPS) is 14.9. The van der Waals surface area contributed by atoms with Crippen molar-refractivity contribution in [2.75, 3.05) is 19.2 Å². The molecule has 0 bridgehead atoms. The smallest absolute Gasteiger partial charge is 0.322 e. The SMILES string of the molecule is COc1ccc(CN(C(=O)Nc2ccc3c(c2)OCO3)C2CC2)cc1. The number of urea groups is 1. The highest BCUT2D eigenvalue weighted by molar-refractivity contribution is 5.90. The number of carbonyl (C=O) groups excluding carboxylic acids is 1. The Bertz CT molecular complexity index is 771. The lowest BCUT2D eigenvalue weighted by Gasteiger charge is -2.23. The lowest BCUT2D eigenvalue weighted by Crippen LogP contribution is -2.36. The molecule has 0 saturated heterocycles. The van der Waals surface area contributed by atoms with Crippen LogP contribution < -0.4 is 19.5 Å². The molecule has 2 amide bonds. The molecule has 1 aliphatic carbocycles. The van der Waals surface area contributed by atoms with E-state index in [2.05, 4.69) is 5.32 Å². The molecule has 1 aliphatic heterocycles. The van der Waals surface area contributed by atoms with Crippen molar-refractivity contribution < 1.29 is 19.0 Å². The van der Waals surface area contributed by atoms with Gasteiger partial charge in [0.1, 0.15) is 5.75 Å². The van der Waals surface area contributed by atoms with Crippen molar-refractivity contribution in [1.29, 1.82) is 0 Å². The van der Waals surface area contributed by atoms with Crippen LogP contribution in [-0.4, -0.2) is 30.9 Å². The number of amides is 2. The van der Waals surface area contributed by atoms with Crippen LogP contribution in [0, 0.1) is 0 Å². The summed E-state index contributed by atoms with van der Waals surface area (Å²) in [6.45, 7) is 0.795. The molecule has 0 unspecified atom stereocenters. The highest BCUT2D eigenvalue weighted by Crippen LogP contribution is 2.35. The minimum Gasteiger partial charge on any atom is -0.497 e. The van der Waals surface area contributed by atoms with Gasteiger partial charge in [0, 0.05) is 24.3 Å². The summed E-state index contributed by atoms with van der Waals surface area (Å²) in [7, 11) is 1.64. The van der Waals surface area contributed by atoms with Crippen LogP contribution in [0.2, 0.25) is 0 Å². The summed E-state index contributed by atoms with van der Waals surface area (Å²) in [5.41, 5.74) is 1.78. The molecule has 0 atom stereocenters. The Morgan fingerprint density at radius 2 is 1.92 bits per heavy atom. The molecular weight excluding hydrogens is 320 g/mol. The van der Waals surface area contributed by atoms with E-state index in [0.717, 1.165) is 24.2 Å². The van der Waals surface area contributed by atoms with Crippen molar-refractivity contribution in [2.24, 2.45) is 0 Å². The molecule has 130 valence electrons. The van der Waals surface area contributed by atoms with Crippen LogP contribution in [0.25, 0.3) is 0 Å². The van der Waals surface area contributed by atoms with Gasteiger partial charge in [0.25, 0.3) is 0 Å². The maximum absolute atomic E-state index is 12.7. The van der Waals surface area contributed by atoms with E-state index in [4.69, 9.17) is 14.2 Å². The van der Waals surface area contributed by atoms with Crippen LogP contribution in [0.15, 0.2) is 42.5 Å². The predicted octanol–water partition coefficient (Wildman–Crippen LogP) is 3.62. The summed E-state index contributed by atoms with van der Waals surface area (Å²) in [4.78, 5) is 14.6. The van der Waals surface area contributed by atoms with E-state index in [-0.39, 0.29) is 12.8 Å².